The van der Waals surface area contributed by atoms with E-state index in [1.165, 1.54) is 11.3 Å². The van der Waals surface area contributed by atoms with Crippen molar-refractivity contribution in [3.05, 3.63) is 40.4 Å². The maximum atomic E-state index is 11.7. The molecular weight excluding hydrogens is 296 g/mol. The summed E-state index contributed by atoms with van der Waals surface area (Å²) >= 11 is 7.04. The summed E-state index contributed by atoms with van der Waals surface area (Å²) in [5.41, 5.74) is 5.93. The number of amides is 2. The monoisotopic (exact) mass is 306 g/mol. The smallest absolute Gasteiger partial charge is 0.320 e. The minimum Gasteiger partial charge on any atom is -0.320 e. The van der Waals surface area contributed by atoms with E-state index in [0.717, 1.165) is 4.88 Å². The Morgan fingerprint density at radius 1 is 1.35 bits per heavy atom. The summed E-state index contributed by atoms with van der Waals surface area (Å²) < 4.78 is 0. The van der Waals surface area contributed by atoms with Gasteiger partial charge in [0.15, 0.2) is 5.13 Å². The molecule has 0 aliphatic carbocycles. The number of halogens is 1. The first-order valence-corrected chi connectivity index (χ1v) is 6.85. The van der Waals surface area contributed by atoms with Gasteiger partial charge in [-0.05, 0) is 24.3 Å². The molecule has 0 radical (unpaired) electrons. The number of rotatable bonds is 2. The van der Waals surface area contributed by atoms with E-state index in [1.807, 2.05) is 0 Å². The maximum Gasteiger partial charge on any atom is 0.325 e. The van der Waals surface area contributed by atoms with Gasteiger partial charge in [0.25, 0.3) is 0 Å². The van der Waals surface area contributed by atoms with E-state index < -0.39 is 0 Å². The van der Waals surface area contributed by atoms with E-state index in [1.54, 1.807) is 30.5 Å². The Kier molecular flexibility index (Phi) is 4.96. The summed E-state index contributed by atoms with van der Waals surface area (Å²) in [4.78, 5) is 16.5. The van der Waals surface area contributed by atoms with Crippen molar-refractivity contribution in [1.82, 2.24) is 4.98 Å². The number of anilines is 2. The molecule has 0 aliphatic heterocycles. The van der Waals surface area contributed by atoms with E-state index in [4.69, 9.17) is 17.3 Å². The van der Waals surface area contributed by atoms with Crippen molar-refractivity contribution in [2.24, 2.45) is 5.73 Å². The van der Waals surface area contributed by atoms with E-state index in [0.29, 0.717) is 15.8 Å². The average Bonchev–Trinajstić information content (AvgIpc) is 2.86. The lowest BCUT2D eigenvalue weighted by Crippen LogP contribution is -2.19. The lowest BCUT2D eigenvalue weighted by molar-refractivity contribution is 0.262. The zero-order valence-electron chi connectivity index (χ0n) is 10.3. The molecule has 0 unspecified atom stereocenters. The van der Waals surface area contributed by atoms with Gasteiger partial charge in [-0.15, -0.1) is 0 Å². The number of nitrogens with one attached hydrogen (secondary N) is 2. The Bertz CT molecular complexity index is 657. The van der Waals surface area contributed by atoms with Crippen molar-refractivity contribution in [2.75, 3.05) is 17.2 Å². The zero-order valence-corrected chi connectivity index (χ0v) is 11.9. The summed E-state index contributed by atoms with van der Waals surface area (Å²) in [7, 11) is 0. The lowest BCUT2D eigenvalue weighted by atomic mass is 10.3. The van der Waals surface area contributed by atoms with Crippen LogP contribution < -0.4 is 16.4 Å². The highest BCUT2D eigenvalue weighted by atomic mass is 35.5. The van der Waals surface area contributed by atoms with Gasteiger partial charge < -0.3 is 11.1 Å². The Labute approximate surface area is 125 Å². The van der Waals surface area contributed by atoms with Crippen LogP contribution in [0.4, 0.5) is 15.6 Å². The van der Waals surface area contributed by atoms with Crippen molar-refractivity contribution in [2.45, 2.75) is 0 Å². The number of hydrogen-bond acceptors (Lipinski definition) is 4. The van der Waals surface area contributed by atoms with Gasteiger partial charge >= 0.3 is 6.03 Å². The van der Waals surface area contributed by atoms with Crippen LogP contribution in [0.25, 0.3) is 0 Å². The van der Waals surface area contributed by atoms with Crippen LogP contribution in [0.15, 0.2) is 30.5 Å². The van der Waals surface area contributed by atoms with E-state index in [2.05, 4.69) is 27.5 Å². The molecule has 2 amide bonds. The molecule has 1 aromatic carbocycles. The lowest BCUT2D eigenvalue weighted by Gasteiger charge is -2.04. The van der Waals surface area contributed by atoms with Crippen LogP contribution in [0.5, 0.6) is 0 Å². The highest BCUT2D eigenvalue weighted by Gasteiger charge is 2.05. The van der Waals surface area contributed by atoms with Crippen molar-refractivity contribution in [1.29, 1.82) is 0 Å². The number of benzene rings is 1. The largest absolute Gasteiger partial charge is 0.325 e. The molecule has 5 nitrogen and oxygen atoms in total. The van der Waals surface area contributed by atoms with E-state index in [-0.39, 0.29) is 12.6 Å². The highest BCUT2D eigenvalue weighted by molar-refractivity contribution is 7.16. The van der Waals surface area contributed by atoms with Crippen molar-refractivity contribution in [3.8, 4) is 11.8 Å². The van der Waals surface area contributed by atoms with Crippen LogP contribution in [-0.4, -0.2) is 17.6 Å². The zero-order chi connectivity index (χ0) is 14.4. The van der Waals surface area contributed by atoms with Gasteiger partial charge in [-0.25, -0.2) is 9.78 Å². The first-order valence-electron chi connectivity index (χ1n) is 5.66. The van der Waals surface area contributed by atoms with Gasteiger partial charge in [0, 0.05) is 10.7 Å². The summed E-state index contributed by atoms with van der Waals surface area (Å²) in [6.07, 6.45) is 1.59. The quantitative estimate of drug-likeness (QED) is 0.746. The molecule has 0 bridgehead atoms. The summed E-state index contributed by atoms with van der Waals surface area (Å²) in [5.74, 6) is 5.57. The molecular formula is C13H11ClN4OS. The Hall–Kier alpha value is -2.07. The van der Waals surface area contributed by atoms with Crippen molar-refractivity contribution in [3.63, 3.8) is 0 Å². The number of aromatic nitrogens is 1. The molecule has 0 spiro atoms. The van der Waals surface area contributed by atoms with E-state index in [9.17, 15) is 4.79 Å². The van der Waals surface area contributed by atoms with Gasteiger partial charge in [0.2, 0.25) is 0 Å². The van der Waals surface area contributed by atoms with Gasteiger partial charge in [0.05, 0.1) is 17.6 Å². The maximum absolute atomic E-state index is 11.7. The van der Waals surface area contributed by atoms with Gasteiger partial charge in [0.1, 0.15) is 0 Å². The minimum atomic E-state index is -0.375. The Balaban J connectivity index is 1.94. The third kappa shape index (κ3) is 4.24. The number of carbonyl (C=O) groups is 1. The second-order valence-electron chi connectivity index (χ2n) is 3.62. The van der Waals surface area contributed by atoms with Crippen LogP contribution in [0.1, 0.15) is 4.88 Å². The number of nitrogens with two attached hydrogens (primary N) is 1. The SMILES string of the molecule is NCC#Cc1cnc(NC(=O)Nc2ccc(Cl)cc2)s1. The third-order valence-corrected chi connectivity index (χ3v) is 3.22. The molecule has 2 rings (SSSR count). The molecule has 102 valence electrons. The Morgan fingerprint density at radius 3 is 2.80 bits per heavy atom. The second kappa shape index (κ2) is 6.91. The molecule has 0 atom stereocenters. The first-order chi connectivity index (χ1) is 9.67. The van der Waals surface area contributed by atoms with Crippen LogP contribution in [0.3, 0.4) is 0 Å². The fourth-order valence-electron chi connectivity index (χ4n) is 1.32. The molecule has 0 saturated carbocycles. The van der Waals surface area contributed by atoms with Gasteiger partial charge in [-0.1, -0.05) is 34.8 Å². The van der Waals surface area contributed by atoms with Crippen LogP contribution in [0, 0.1) is 11.8 Å². The molecule has 1 aromatic heterocycles. The van der Waals surface area contributed by atoms with Crippen molar-refractivity contribution >= 4 is 39.8 Å². The third-order valence-electron chi connectivity index (χ3n) is 2.14. The standard InChI is InChI=1S/C13H11ClN4OS/c14-9-3-5-10(6-4-9)17-12(19)18-13-16-8-11(20-13)2-1-7-15/h3-6,8H,7,15H2,(H2,16,17,18,19). The fourth-order valence-corrected chi connectivity index (χ4v) is 2.13. The molecule has 1 heterocycles. The van der Waals surface area contributed by atoms with Crippen LogP contribution in [-0.2, 0) is 0 Å². The predicted molar refractivity (Wildman–Crippen MR) is 82.1 cm³/mol. The van der Waals surface area contributed by atoms with Gasteiger partial charge in [-0.3, -0.25) is 5.32 Å². The molecule has 0 saturated heterocycles. The van der Waals surface area contributed by atoms with Crippen LogP contribution in [0.2, 0.25) is 5.02 Å². The Morgan fingerprint density at radius 2 is 2.10 bits per heavy atom. The molecule has 20 heavy (non-hydrogen) atoms. The number of nitrogens with zero attached hydrogens (tertiary/aromatic N) is 1. The molecule has 4 N–H and O–H groups in total. The minimum absolute atomic E-state index is 0.289. The van der Waals surface area contributed by atoms with Crippen molar-refractivity contribution < 1.29 is 4.79 Å². The number of urea groups is 1. The number of hydrogen-bond donors (Lipinski definition) is 3. The second-order valence-corrected chi connectivity index (χ2v) is 5.09. The highest BCUT2D eigenvalue weighted by Crippen LogP contribution is 2.18. The van der Waals surface area contributed by atoms with Gasteiger partial charge in [-0.2, -0.15) is 0 Å². The average molecular weight is 307 g/mol. The van der Waals surface area contributed by atoms with Crippen LogP contribution >= 0.6 is 22.9 Å². The number of thiazole rings is 1. The fraction of sp³-hybridized carbons (Fsp3) is 0.0769. The van der Waals surface area contributed by atoms with E-state index >= 15 is 0 Å². The molecule has 0 fully saturated rings. The molecule has 7 heteroatoms. The molecule has 0 aliphatic rings. The summed E-state index contributed by atoms with van der Waals surface area (Å²) in [5, 5.41) is 6.38. The predicted octanol–water partition coefficient (Wildman–Crippen LogP) is 2.75. The molecule has 2 aromatic rings. The summed E-state index contributed by atoms with van der Waals surface area (Å²) in [6, 6.07) is 6.44. The normalized spacial score (nSPS) is 9.50. The number of carbonyl (C=O) groups excluding carboxylic acids is 1. The topological polar surface area (TPSA) is 80.0 Å². The summed E-state index contributed by atoms with van der Waals surface area (Å²) in [6.45, 7) is 0.289. The first kappa shape index (κ1) is 14.3.